The molecule has 1 aliphatic carbocycles. The summed E-state index contributed by atoms with van der Waals surface area (Å²) in [5.74, 6) is 2.77. The van der Waals surface area contributed by atoms with Crippen LogP contribution in [0.5, 0.6) is 0 Å². The summed E-state index contributed by atoms with van der Waals surface area (Å²) in [6.07, 6.45) is 4.33. The number of aliphatic hydroxyl groups excluding tert-OH is 1. The minimum atomic E-state index is -0.154. The molecule has 0 aliphatic heterocycles. The standard InChI is InChI=1S/C16H23NO4/c1-12-11-14(12)15-5-3-13(21-15)4-6-16(19)17(7-9-18)8-10-20-2/h3-6,12,14,18H,7-11H2,1-2H3/b6-4+. The Labute approximate surface area is 125 Å². The van der Waals surface area contributed by atoms with Crippen LogP contribution in [0.25, 0.3) is 6.08 Å². The molecular formula is C16H23NO4. The summed E-state index contributed by atoms with van der Waals surface area (Å²) in [7, 11) is 1.58. The van der Waals surface area contributed by atoms with Gasteiger partial charge in [-0.05, 0) is 30.5 Å². The Hall–Kier alpha value is -1.59. The summed E-state index contributed by atoms with van der Waals surface area (Å²) < 4.78 is 10.7. The molecule has 2 unspecified atom stereocenters. The number of hydrogen-bond acceptors (Lipinski definition) is 4. The van der Waals surface area contributed by atoms with Crippen LogP contribution in [0, 0.1) is 5.92 Å². The van der Waals surface area contributed by atoms with Crippen LogP contribution >= 0.6 is 0 Å². The van der Waals surface area contributed by atoms with Crippen LogP contribution in [0.3, 0.4) is 0 Å². The van der Waals surface area contributed by atoms with Gasteiger partial charge in [-0.15, -0.1) is 0 Å². The molecule has 2 atom stereocenters. The zero-order valence-electron chi connectivity index (χ0n) is 12.6. The van der Waals surface area contributed by atoms with E-state index in [0.717, 1.165) is 5.76 Å². The number of aliphatic hydroxyl groups is 1. The second kappa shape index (κ2) is 7.43. The van der Waals surface area contributed by atoms with Crippen molar-refractivity contribution in [2.75, 3.05) is 33.4 Å². The fraction of sp³-hybridized carbons (Fsp3) is 0.562. The van der Waals surface area contributed by atoms with Crippen molar-refractivity contribution in [2.45, 2.75) is 19.3 Å². The third kappa shape index (κ3) is 4.44. The summed E-state index contributed by atoms with van der Waals surface area (Å²) in [4.78, 5) is 13.6. The van der Waals surface area contributed by atoms with E-state index in [9.17, 15) is 4.79 Å². The van der Waals surface area contributed by atoms with Crippen molar-refractivity contribution in [3.63, 3.8) is 0 Å². The molecule has 21 heavy (non-hydrogen) atoms. The number of rotatable bonds is 8. The first kappa shape index (κ1) is 15.8. The van der Waals surface area contributed by atoms with Gasteiger partial charge in [0.2, 0.25) is 5.91 Å². The van der Waals surface area contributed by atoms with E-state index in [4.69, 9.17) is 14.3 Å². The van der Waals surface area contributed by atoms with Gasteiger partial charge in [-0.1, -0.05) is 6.92 Å². The second-order valence-corrected chi connectivity index (χ2v) is 5.43. The minimum Gasteiger partial charge on any atom is -0.461 e. The molecule has 1 fully saturated rings. The van der Waals surface area contributed by atoms with Gasteiger partial charge in [0, 0.05) is 32.2 Å². The lowest BCUT2D eigenvalue weighted by atomic mass is 10.3. The number of amides is 1. The van der Waals surface area contributed by atoms with Crippen LogP contribution in [-0.2, 0) is 9.53 Å². The summed E-state index contributed by atoms with van der Waals surface area (Å²) in [5, 5.41) is 8.99. The summed E-state index contributed by atoms with van der Waals surface area (Å²) in [6, 6.07) is 3.87. The fourth-order valence-corrected chi connectivity index (χ4v) is 2.29. The molecule has 1 amide bonds. The number of carbonyl (C=O) groups is 1. The Morgan fingerprint density at radius 1 is 1.52 bits per heavy atom. The lowest BCUT2D eigenvalue weighted by Crippen LogP contribution is -2.34. The third-order valence-corrected chi connectivity index (χ3v) is 3.76. The Kier molecular flexibility index (Phi) is 5.59. The summed E-state index contributed by atoms with van der Waals surface area (Å²) >= 11 is 0. The quantitative estimate of drug-likeness (QED) is 0.743. The molecule has 116 valence electrons. The van der Waals surface area contributed by atoms with E-state index >= 15 is 0 Å². The third-order valence-electron chi connectivity index (χ3n) is 3.76. The molecule has 2 rings (SSSR count). The first-order valence-corrected chi connectivity index (χ1v) is 7.32. The van der Waals surface area contributed by atoms with Gasteiger partial charge in [0.1, 0.15) is 11.5 Å². The van der Waals surface area contributed by atoms with E-state index < -0.39 is 0 Å². The molecule has 5 nitrogen and oxygen atoms in total. The molecule has 0 saturated heterocycles. The smallest absolute Gasteiger partial charge is 0.246 e. The molecular weight excluding hydrogens is 270 g/mol. The van der Waals surface area contributed by atoms with Crippen molar-refractivity contribution in [1.82, 2.24) is 4.90 Å². The predicted molar refractivity (Wildman–Crippen MR) is 79.8 cm³/mol. The number of carbonyl (C=O) groups excluding carboxylic acids is 1. The first-order valence-electron chi connectivity index (χ1n) is 7.32. The maximum absolute atomic E-state index is 12.0. The maximum Gasteiger partial charge on any atom is 0.246 e. The van der Waals surface area contributed by atoms with Crippen molar-refractivity contribution in [3.8, 4) is 0 Å². The molecule has 1 aromatic heterocycles. The van der Waals surface area contributed by atoms with Crippen molar-refractivity contribution >= 4 is 12.0 Å². The van der Waals surface area contributed by atoms with E-state index in [0.29, 0.717) is 37.3 Å². The lowest BCUT2D eigenvalue weighted by Gasteiger charge is -2.19. The van der Waals surface area contributed by atoms with Gasteiger partial charge in [-0.3, -0.25) is 4.79 Å². The molecule has 0 bridgehead atoms. The van der Waals surface area contributed by atoms with Crippen LogP contribution in [0.2, 0.25) is 0 Å². The topological polar surface area (TPSA) is 62.9 Å². The highest BCUT2D eigenvalue weighted by atomic mass is 16.5. The molecule has 1 aromatic rings. The van der Waals surface area contributed by atoms with Gasteiger partial charge < -0.3 is 19.2 Å². The van der Waals surface area contributed by atoms with Crippen molar-refractivity contribution in [2.24, 2.45) is 5.92 Å². The van der Waals surface area contributed by atoms with Crippen LogP contribution < -0.4 is 0 Å². The Bertz CT molecular complexity index is 494. The average molecular weight is 293 g/mol. The molecule has 1 saturated carbocycles. The lowest BCUT2D eigenvalue weighted by molar-refractivity contribution is -0.127. The fourth-order valence-electron chi connectivity index (χ4n) is 2.29. The van der Waals surface area contributed by atoms with Crippen molar-refractivity contribution in [3.05, 3.63) is 29.7 Å². The van der Waals surface area contributed by atoms with E-state index in [2.05, 4.69) is 6.92 Å². The normalized spacial score (nSPS) is 20.9. The molecule has 1 aliphatic rings. The maximum atomic E-state index is 12.0. The van der Waals surface area contributed by atoms with Gasteiger partial charge in [0.25, 0.3) is 0 Å². The number of nitrogens with zero attached hydrogens (tertiary/aromatic N) is 1. The van der Waals surface area contributed by atoms with Gasteiger partial charge in [0.15, 0.2) is 0 Å². The molecule has 5 heteroatoms. The van der Waals surface area contributed by atoms with E-state index in [-0.39, 0.29) is 12.5 Å². The molecule has 1 heterocycles. The number of ether oxygens (including phenoxy) is 1. The largest absolute Gasteiger partial charge is 0.461 e. The van der Waals surface area contributed by atoms with Crippen LogP contribution in [0.15, 0.2) is 22.6 Å². The van der Waals surface area contributed by atoms with Crippen molar-refractivity contribution in [1.29, 1.82) is 0 Å². The highest BCUT2D eigenvalue weighted by molar-refractivity contribution is 5.91. The molecule has 0 spiro atoms. The number of methoxy groups -OCH3 is 1. The highest BCUT2D eigenvalue weighted by Gasteiger charge is 2.36. The Balaban J connectivity index is 1.91. The Morgan fingerprint density at radius 3 is 2.90 bits per heavy atom. The minimum absolute atomic E-state index is 0.0617. The number of hydrogen-bond donors (Lipinski definition) is 1. The van der Waals surface area contributed by atoms with Gasteiger partial charge in [0.05, 0.1) is 13.2 Å². The van der Waals surface area contributed by atoms with E-state index in [1.807, 2.05) is 12.1 Å². The second-order valence-electron chi connectivity index (χ2n) is 5.43. The van der Waals surface area contributed by atoms with E-state index in [1.165, 1.54) is 12.5 Å². The van der Waals surface area contributed by atoms with Gasteiger partial charge in [-0.2, -0.15) is 0 Å². The Morgan fingerprint density at radius 2 is 2.29 bits per heavy atom. The summed E-state index contributed by atoms with van der Waals surface area (Å²) in [6.45, 7) is 3.35. The first-order chi connectivity index (χ1) is 10.2. The average Bonchev–Trinajstić information content (AvgIpc) is 3.02. The predicted octanol–water partition coefficient (Wildman–Crippen LogP) is 1.88. The summed E-state index contributed by atoms with van der Waals surface area (Å²) in [5.41, 5.74) is 0. The van der Waals surface area contributed by atoms with E-state index in [1.54, 1.807) is 18.1 Å². The van der Waals surface area contributed by atoms with Gasteiger partial charge >= 0.3 is 0 Å². The highest BCUT2D eigenvalue weighted by Crippen LogP contribution is 2.47. The number of furan rings is 1. The van der Waals surface area contributed by atoms with Crippen LogP contribution in [0.4, 0.5) is 0 Å². The molecule has 0 aromatic carbocycles. The van der Waals surface area contributed by atoms with Gasteiger partial charge in [-0.25, -0.2) is 0 Å². The zero-order chi connectivity index (χ0) is 15.2. The van der Waals surface area contributed by atoms with Crippen LogP contribution in [0.1, 0.15) is 30.8 Å². The zero-order valence-corrected chi connectivity index (χ0v) is 12.6. The molecule has 0 radical (unpaired) electrons. The van der Waals surface area contributed by atoms with Crippen LogP contribution in [-0.4, -0.2) is 49.3 Å². The SMILES string of the molecule is COCCN(CCO)C(=O)/C=C/c1ccc(C2CC2C)o1. The monoisotopic (exact) mass is 293 g/mol. The van der Waals surface area contributed by atoms with Crippen molar-refractivity contribution < 1.29 is 19.1 Å². The molecule has 1 N–H and O–H groups in total.